The number of carbonyl (C=O) groups excluding carboxylic acids is 1. The van der Waals surface area contributed by atoms with Crippen molar-refractivity contribution in [2.24, 2.45) is 5.73 Å². The number of hydrogen-bond acceptors (Lipinski definition) is 3. The van der Waals surface area contributed by atoms with Gasteiger partial charge in [-0.3, -0.25) is 4.79 Å². The van der Waals surface area contributed by atoms with E-state index in [0.29, 0.717) is 17.6 Å². The highest BCUT2D eigenvalue weighted by Gasteiger charge is 2.49. The zero-order valence-electron chi connectivity index (χ0n) is 16.2. The zero-order chi connectivity index (χ0) is 19.0. The lowest BCUT2D eigenvalue weighted by molar-refractivity contribution is 0.0663. The molecule has 4 rings (SSSR count). The molecule has 1 unspecified atom stereocenters. The number of hydrogen-bond donors (Lipinski definition) is 2. The van der Waals surface area contributed by atoms with Crippen molar-refractivity contribution in [2.75, 3.05) is 20.1 Å². The molecule has 27 heavy (non-hydrogen) atoms. The van der Waals surface area contributed by atoms with Crippen LogP contribution in [0.4, 0.5) is 0 Å². The fraction of sp³-hybridized carbons (Fsp3) is 0.435. The van der Waals surface area contributed by atoms with E-state index < -0.39 is 0 Å². The van der Waals surface area contributed by atoms with Crippen LogP contribution >= 0.6 is 0 Å². The molecule has 0 saturated carbocycles. The van der Waals surface area contributed by atoms with Crippen molar-refractivity contribution in [1.29, 1.82) is 0 Å². The Morgan fingerprint density at radius 1 is 1.26 bits per heavy atom. The second kappa shape index (κ2) is 7.10. The van der Waals surface area contributed by atoms with Crippen molar-refractivity contribution in [2.45, 2.75) is 43.7 Å². The standard InChI is InChI=1S/C23H29N3O/c1-23-11-13-26(2)20(15-17-8-9-18(22(24)27)14-19(17)23)21(23)25-12-10-16-6-4-3-5-7-16/h3-9,14,20-21,25H,10-13,15H2,1-2H3,(H2,24,27)/t20-,21-,23?/m1/s1. The van der Waals surface area contributed by atoms with Crippen LogP contribution in [-0.2, 0) is 18.3 Å². The smallest absolute Gasteiger partial charge is 0.248 e. The van der Waals surface area contributed by atoms with Crippen LogP contribution in [0, 0.1) is 0 Å². The fourth-order valence-corrected chi connectivity index (χ4v) is 5.03. The minimum absolute atomic E-state index is 0.0207. The van der Waals surface area contributed by atoms with E-state index >= 15 is 0 Å². The third-order valence-electron chi connectivity index (χ3n) is 6.68. The topological polar surface area (TPSA) is 58.4 Å². The van der Waals surface area contributed by atoms with Crippen LogP contribution < -0.4 is 11.1 Å². The van der Waals surface area contributed by atoms with Gasteiger partial charge in [0.15, 0.2) is 0 Å². The van der Waals surface area contributed by atoms with Crippen LogP contribution in [0.25, 0.3) is 0 Å². The Labute approximate surface area is 161 Å². The zero-order valence-corrected chi connectivity index (χ0v) is 16.2. The molecule has 2 aromatic carbocycles. The summed E-state index contributed by atoms with van der Waals surface area (Å²) < 4.78 is 0. The summed E-state index contributed by atoms with van der Waals surface area (Å²) in [5, 5.41) is 3.87. The number of likely N-dealkylation sites (tertiary alicyclic amines) is 1. The number of primary amides is 1. The van der Waals surface area contributed by atoms with Crippen LogP contribution in [0.2, 0.25) is 0 Å². The average Bonchev–Trinajstić information content (AvgIpc) is 2.67. The van der Waals surface area contributed by atoms with E-state index in [1.165, 1.54) is 16.7 Å². The molecule has 4 heteroatoms. The molecule has 0 spiro atoms. The Morgan fingerprint density at radius 2 is 2.04 bits per heavy atom. The third kappa shape index (κ3) is 3.28. The Hall–Kier alpha value is -2.17. The summed E-state index contributed by atoms with van der Waals surface area (Å²) in [7, 11) is 2.24. The van der Waals surface area contributed by atoms with Gasteiger partial charge in [-0.2, -0.15) is 0 Å². The van der Waals surface area contributed by atoms with E-state index in [0.717, 1.165) is 32.4 Å². The first kappa shape index (κ1) is 18.2. The lowest BCUT2D eigenvalue weighted by Crippen LogP contribution is -2.66. The number of nitrogens with two attached hydrogens (primary N) is 1. The Balaban J connectivity index is 1.61. The van der Waals surface area contributed by atoms with Gasteiger partial charge in [0.25, 0.3) is 0 Å². The summed E-state index contributed by atoms with van der Waals surface area (Å²) in [6, 6.07) is 17.5. The largest absolute Gasteiger partial charge is 0.366 e. The molecule has 1 aliphatic carbocycles. The van der Waals surface area contributed by atoms with E-state index in [-0.39, 0.29) is 11.3 Å². The molecular weight excluding hydrogens is 334 g/mol. The molecule has 142 valence electrons. The minimum Gasteiger partial charge on any atom is -0.366 e. The van der Waals surface area contributed by atoms with Crippen molar-refractivity contribution in [3.8, 4) is 0 Å². The molecular formula is C23H29N3O. The maximum atomic E-state index is 11.7. The monoisotopic (exact) mass is 363 g/mol. The predicted octanol–water partition coefficient (Wildman–Crippen LogP) is 2.50. The van der Waals surface area contributed by atoms with Crippen molar-refractivity contribution in [3.05, 3.63) is 70.8 Å². The number of fused-ring (bicyclic) bond motifs is 4. The number of piperidine rings is 1. The lowest BCUT2D eigenvalue weighted by Gasteiger charge is -2.55. The highest BCUT2D eigenvalue weighted by molar-refractivity contribution is 5.93. The predicted molar refractivity (Wildman–Crippen MR) is 109 cm³/mol. The van der Waals surface area contributed by atoms with Crippen LogP contribution in [0.5, 0.6) is 0 Å². The number of amides is 1. The molecule has 1 fully saturated rings. The van der Waals surface area contributed by atoms with Crippen molar-refractivity contribution < 1.29 is 4.79 Å². The first-order valence-corrected chi connectivity index (χ1v) is 9.90. The molecule has 3 atom stereocenters. The summed E-state index contributed by atoms with van der Waals surface area (Å²) in [6.07, 6.45) is 3.12. The number of carbonyl (C=O) groups is 1. The van der Waals surface area contributed by atoms with Crippen LogP contribution in [0.3, 0.4) is 0 Å². The quantitative estimate of drug-likeness (QED) is 0.858. The molecule has 1 amide bonds. The molecule has 0 radical (unpaired) electrons. The SMILES string of the molecule is CN1CCC2(C)c3cc(C(N)=O)ccc3C[C@@H]1[C@H]2NCCc1ccccc1. The maximum Gasteiger partial charge on any atom is 0.248 e. The number of likely N-dealkylation sites (N-methyl/N-ethyl adjacent to an activating group) is 1. The molecule has 2 aromatic rings. The van der Waals surface area contributed by atoms with Gasteiger partial charge in [-0.15, -0.1) is 0 Å². The first-order valence-electron chi connectivity index (χ1n) is 9.90. The number of benzene rings is 2. The first-order chi connectivity index (χ1) is 13.0. The van der Waals surface area contributed by atoms with Crippen LogP contribution in [0.15, 0.2) is 48.5 Å². The summed E-state index contributed by atoms with van der Waals surface area (Å²) in [5.74, 6) is -0.343. The van der Waals surface area contributed by atoms with Crippen LogP contribution in [0.1, 0.15) is 40.4 Å². The van der Waals surface area contributed by atoms with Crippen molar-refractivity contribution in [3.63, 3.8) is 0 Å². The Morgan fingerprint density at radius 3 is 2.78 bits per heavy atom. The molecule has 2 aliphatic rings. The molecule has 4 nitrogen and oxygen atoms in total. The molecule has 1 saturated heterocycles. The summed E-state index contributed by atoms with van der Waals surface area (Å²) in [6.45, 7) is 4.40. The molecule has 0 aromatic heterocycles. The summed E-state index contributed by atoms with van der Waals surface area (Å²) in [4.78, 5) is 14.2. The van der Waals surface area contributed by atoms with Gasteiger partial charge in [0.1, 0.15) is 0 Å². The van der Waals surface area contributed by atoms with Crippen molar-refractivity contribution >= 4 is 5.91 Å². The summed E-state index contributed by atoms with van der Waals surface area (Å²) in [5.41, 5.74) is 10.2. The Kier molecular flexibility index (Phi) is 4.79. The average molecular weight is 364 g/mol. The van der Waals surface area contributed by atoms with Gasteiger partial charge in [-0.1, -0.05) is 43.3 Å². The molecule has 3 N–H and O–H groups in total. The van der Waals surface area contributed by atoms with Crippen molar-refractivity contribution in [1.82, 2.24) is 10.2 Å². The number of nitrogens with one attached hydrogen (secondary N) is 1. The van der Waals surface area contributed by atoms with Gasteiger partial charge >= 0.3 is 0 Å². The molecule has 2 bridgehead atoms. The molecule has 1 heterocycles. The Bertz CT molecular complexity index is 835. The number of nitrogens with zero attached hydrogens (tertiary/aromatic N) is 1. The van der Waals surface area contributed by atoms with Gasteiger partial charge in [-0.25, -0.2) is 0 Å². The number of rotatable bonds is 5. The third-order valence-corrected chi connectivity index (χ3v) is 6.68. The second-order valence-corrected chi connectivity index (χ2v) is 8.32. The fourth-order valence-electron chi connectivity index (χ4n) is 5.03. The van der Waals surface area contributed by atoms with Gasteiger partial charge < -0.3 is 16.0 Å². The van der Waals surface area contributed by atoms with Crippen LogP contribution in [-0.4, -0.2) is 43.0 Å². The van der Waals surface area contributed by atoms with Gasteiger partial charge in [0, 0.05) is 23.1 Å². The van der Waals surface area contributed by atoms with E-state index in [2.05, 4.69) is 60.6 Å². The van der Waals surface area contributed by atoms with E-state index in [9.17, 15) is 4.79 Å². The normalized spacial score (nSPS) is 27.2. The van der Waals surface area contributed by atoms with E-state index in [4.69, 9.17) is 5.73 Å². The van der Waals surface area contributed by atoms with Gasteiger partial charge in [0.2, 0.25) is 5.91 Å². The minimum atomic E-state index is -0.343. The lowest BCUT2D eigenvalue weighted by atomic mass is 9.61. The second-order valence-electron chi connectivity index (χ2n) is 8.32. The van der Waals surface area contributed by atoms with Gasteiger partial charge in [-0.05, 0) is 68.2 Å². The maximum absolute atomic E-state index is 11.7. The molecule has 1 aliphatic heterocycles. The highest BCUT2D eigenvalue weighted by atomic mass is 16.1. The van der Waals surface area contributed by atoms with Gasteiger partial charge in [0.05, 0.1) is 0 Å². The highest BCUT2D eigenvalue weighted by Crippen LogP contribution is 2.44. The van der Waals surface area contributed by atoms with E-state index in [1.54, 1.807) is 0 Å². The summed E-state index contributed by atoms with van der Waals surface area (Å²) >= 11 is 0. The van der Waals surface area contributed by atoms with E-state index in [1.807, 2.05) is 12.1 Å².